The number of amides is 2. The molecule has 4 N–H and O–H groups in total. The summed E-state index contributed by atoms with van der Waals surface area (Å²) < 4.78 is 0. The Morgan fingerprint density at radius 1 is 1.00 bits per heavy atom. The number of nitrogens with one attached hydrogen (secondary N) is 1. The summed E-state index contributed by atoms with van der Waals surface area (Å²) in [6.45, 7) is 0. The van der Waals surface area contributed by atoms with E-state index in [-0.39, 0.29) is 17.2 Å². The van der Waals surface area contributed by atoms with Crippen molar-refractivity contribution in [2.45, 2.75) is 0 Å². The van der Waals surface area contributed by atoms with Crippen molar-refractivity contribution in [2.75, 3.05) is 5.32 Å². The molecule has 5 heteroatoms. The first kappa shape index (κ1) is 12.6. The summed E-state index contributed by atoms with van der Waals surface area (Å²) >= 11 is 0. The first-order valence-electron chi connectivity index (χ1n) is 5.56. The average Bonchev–Trinajstić information content (AvgIpc) is 2.39. The molecule has 0 bridgehead atoms. The molecule has 0 atom stereocenters. The summed E-state index contributed by atoms with van der Waals surface area (Å²) in [6, 6.07) is 12.6. The Morgan fingerprint density at radius 3 is 2.32 bits per heavy atom. The number of primary amides is 1. The largest absolute Gasteiger partial charge is 0.508 e. The van der Waals surface area contributed by atoms with Gasteiger partial charge < -0.3 is 16.2 Å². The lowest BCUT2D eigenvalue weighted by molar-refractivity contribution is 0.0996. The number of hydrogen-bond donors (Lipinski definition) is 3. The van der Waals surface area contributed by atoms with Crippen molar-refractivity contribution in [3.63, 3.8) is 0 Å². The molecule has 0 radical (unpaired) electrons. The normalized spacial score (nSPS) is 9.89. The van der Waals surface area contributed by atoms with Gasteiger partial charge in [-0.25, -0.2) is 0 Å². The third-order valence-electron chi connectivity index (χ3n) is 2.50. The molecule has 2 rings (SSSR count). The third kappa shape index (κ3) is 3.10. The zero-order valence-electron chi connectivity index (χ0n) is 9.96. The molecular formula is C14H12N2O3. The number of carbonyl (C=O) groups is 2. The van der Waals surface area contributed by atoms with Gasteiger partial charge in [0, 0.05) is 22.9 Å². The van der Waals surface area contributed by atoms with Crippen LogP contribution in [0.5, 0.6) is 5.75 Å². The molecular weight excluding hydrogens is 244 g/mol. The molecule has 2 amide bonds. The molecule has 19 heavy (non-hydrogen) atoms. The maximum absolute atomic E-state index is 11.9. The molecule has 0 aliphatic carbocycles. The molecule has 96 valence electrons. The highest BCUT2D eigenvalue weighted by Crippen LogP contribution is 2.20. The number of rotatable bonds is 3. The van der Waals surface area contributed by atoms with Crippen LogP contribution in [-0.2, 0) is 0 Å². The predicted octanol–water partition coefficient (Wildman–Crippen LogP) is 1.74. The molecule has 0 aliphatic rings. The van der Waals surface area contributed by atoms with Crippen LogP contribution >= 0.6 is 0 Å². The Kier molecular flexibility index (Phi) is 3.47. The van der Waals surface area contributed by atoms with Crippen LogP contribution in [0.15, 0.2) is 48.5 Å². The molecule has 2 aromatic carbocycles. The van der Waals surface area contributed by atoms with E-state index in [1.54, 1.807) is 30.3 Å². The highest BCUT2D eigenvalue weighted by Gasteiger charge is 2.09. The molecule has 0 saturated carbocycles. The second-order valence-electron chi connectivity index (χ2n) is 3.95. The van der Waals surface area contributed by atoms with Gasteiger partial charge in [0.15, 0.2) is 0 Å². The molecule has 0 spiro atoms. The lowest BCUT2D eigenvalue weighted by Crippen LogP contribution is -2.14. The van der Waals surface area contributed by atoms with Gasteiger partial charge in [-0.3, -0.25) is 9.59 Å². The number of phenolic OH excluding ortho intramolecular Hbond substituents is 1. The SMILES string of the molecule is NC(=O)c1cc(O)cc(NC(=O)c2ccccc2)c1. The fourth-order valence-corrected chi connectivity index (χ4v) is 1.62. The standard InChI is InChI=1S/C14H12N2O3/c15-13(18)10-6-11(8-12(17)7-10)16-14(19)9-4-2-1-3-5-9/h1-8,17H,(H2,15,18)(H,16,19). The Labute approximate surface area is 109 Å². The maximum atomic E-state index is 11.9. The number of nitrogens with two attached hydrogens (primary N) is 1. The van der Waals surface area contributed by atoms with E-state index in [4.69, 9.17) is 5.73 Å². The summed E-state index contributed by atoms with van der Waals surface area (Å²) in [7, 11) is 0. The number of benzene rings is 2. The molecule has 5 nitrogen and oxygen atoms in total. The van der Waals surface area contributed by atoms with Crippen molar-refractivity contribution >= 4 is 17.5 Å². The van der Waals surface area contributed by atoms with E-state index in [1.165, 1.54) is 18.2 Å². The van der Waals surface area contributed by atoms with Crippen molar-refractivity contribution in [1.82, 2.24) is 0 Å². The molecule has 0 heterocycles. The summed E-state index contributed by atoms with van der Waals surface area (Å²) in [4.78, 5) is 23.0. The Balaban J connectivity index is 2.24. The minimum atomic E-state index is -0.675. The van der Waals surface area contributed by atoms with Crippen molar-refractivity contribution in [2.24, 2.45) is 5.73 Å². The van der Waals surface area contributed by atoms with E-state index >= 15 is 0 Å². The van der Waals surface area contributed by atoms with Crippen molar-refractivity contribution < 1.29 is 14.7 Å². The number of anilines is 1. The van der Waals surface area contributed by atoms with Gasteiger partial charge in [0.1, 0.15) is 5.75 Å². The summed E-state index contributed by atoms with van der Waals surface area (Å²) in [5.41, 5.74) is 6.05. The lowest BCUT2D eigenvalue weighted by Gasteiger charge is -2.07. The van der Waals surface area contributed by atoms with Gasteiger partial charge in [0.2, 0.25) is 5.91 Å². The van der Waals surface area contributed by atoms with Gasteiger partial charge in [0.25, 0.3) is 5.91 Å². The van der Waals surface area contributed by atoms with Crippen LogP contribution in [0.3, 0.4) is 0 Å². The van der Waals surface area contributed by atoms with Crippen LogP contribution in [0.2, 0.25) is 0 Å². The number of hydrogen-bond acceptors (Lipinski definition) is 3. The van der Waals surface area contributed by atoms with Gasteiger partial charge in [-0.15, -0.1) is 0 Å². The van der Waals surface area contributed by atoms with Gasteiger partial charge >= 0.3 is 0 Å². The minimum Gasteiger partial charge on any atom is -0.508 e. The number of carbonyl (C=O) groups excluding carboxylic acids is 2. The topological polar surface area (TPSA) is 92.4 Å². The highest BCUT2D eigenvalue weighted by molar-refractivity contribution is 6.05. The Morgan fingerprint density at radius 2 is 1.68 bits per heavy atom. The van der Waals surface area contributed by atoms with Gasteiger partial charge in [-0.05, 0) is 24.3 Å². The fraction of sp³-hybridized carbons (Fsp3) is 0. The summed E-state index contributed by atoms with van der Waals surface area (Å²) in [5, 5.41) is 12.1. The molecule has 2 aromatic rings. The van der Waals surface area contributed by atoms with Gasteiger partial charge in [-0.2, -0.15) is 0 Å². The van der Waals surface area contributed by atoms with E-state index in [0.717, 1.165) is 0 Å². The Bertz CT molecular complexity index is 624. The average molecular weight is 256 g/mol. The monoisotopic (exact) mass is 256 g/mol. The van der Waals surface area contributed by atoms with E-state index in [0.29, 0.717) is 11.3 Å². The van der Waals surface area contributed by atoms with Crippen LogP contribution in [0.25, 0.3) is 0 Å². The highest BCUT2D eigenvalue weighted by atomic mass is 16.3. The van der Waals surface area contributed by atoms with Crippen molar-refractivity contribution in [1.29, 1.82) is 0 Å². The smallest absolute Gasteiger partial charge is 0.255 e. The van der Waals surface area contributed by atoms with Crippen LogP contribution in [0, 0.1) is 0 Å². The minimum absolute atomic E-state index is 0.128. The number of phenols is 1. The predicted molar refractivity (Wildman–Crippen MR) is 71.0 cm³/mol. The van der Waals surface area contributed by atoms with Crippen LogP contribution in [0.4, 0.5) is 5.69 Å². The van der Waals surface area contributed by atoms with E-state index in [9.17, 15) is 14.7 Å². The molecule has 0 aromatic heterocycles. The molecule has 0 fully saturated rings. The summed E-state index contributed by atoms with van der Waals surface area (Å²) in [5.74, 6) is -1.15. The van der Waals surface area contributed by atoms with E-state index in [2.05, 4.69) is 5.32 Å². The Hall–Kier alpha value is -2.82. The van der Waals surface area contributed by atoms with Crippen LogP contribution in [0.1, 0.15) is 20.7 Å². The summed E-state index contributed by atoms with van der Waals surface area (Å²) in [6.07, 6.45) is 0. The molecule has 0 unspecified atom stereocenters. The quantitative estimate of drug-likeness (QED) is 0.781. The number of aromatic hydroxyl groups is 1. The first-order chi connectivity index (χ1) is 9.06. The van der Waals surface area contributed by atoms with Crippen molar-refractivity contribution in [3.8, 4) is 5.75 Å². The molecule has 0 aliphatic heterocycles. The zero-order valence-corrected chi connectivity index (χ0v) is 9.96. The van der Waals surface area contributed by atoms with E-state index < -0.39 is 5.91 Å². The van der Waals surface area contributed by atoms with Gasteiger partial charge in [-0.1, -0.05) is 18.2 Å². The van der Waals surface area contributed by atoms with Crippen LogP contribution < -0.4 is 11.1 Å². The second-order valence-corrected chi connectivity index (χ2v) is 3.95. The fourth-order valence-electron chi connectivity index (χ4n) is 1.62. The third-order valence-corrected chi connectivity index (χ3v) is 2.50. The van der Waals surface area contributed by atoms with E-state index in [1.807, 2.05) is 0 Å². The lowest BCUT2D eigenvalue weighted by atomic mass is 10.1. The van der Waals surface area contributed by atoms with Crippen molar-refractivity contribution in [3.05, 3.63) is 59.7 Å². The second kappa shape index (κ2) is 5.22. The molecule has 0 saturated heterocycles. The zero-order chi connectivity index (χ0) is 13.8. The van der Waals surface area contributed by atoms with Crippen LogP contribution in [-0.4, -0.2) is 16.9 Å². The maximum Gasteiger partial charge on any atom is 0.255 e. The van der Waals surface area contributed by atoms with Gasteiger partial charge in [0.05, 0.1) is 0 Å². The first-order valence-corrected chi connectivity index (χ1v) is 5.56.